The van der Waals surface area contributed by atoms with Crippen molar-refractivity contribution < 1.29 is 18.3 Å². The van der Waals surface area contributed by atoms with E-state index in [1.807, 2.05) is 27.1 Å². The molecular formula is C32H32F2N6O2. The van der Waals surface area contributed by atoms with Crippen LogP contribution in [0, 0.1) is 29.9 Å². The Kier molecular flexibility index (Phi) is 7.69. The molecule has 10 heteroatoms. The third kappa shape index (κ3) is 4.85. The van der Waals surface area contributed by atoms with Crippen molar-refractivity contribution in [1.82, 2.24) is 14.8 Å². The van der Waals surface area contributed by atoms with Gasteiger partial charge in [0.15, 0.2) is 17.4 Å². The third-order valence-corrected chi connectivity index (χ3v) is 7.51. The summed E-state index contributed by atoms with van der Waals surface area (Å²) >= 11 is 0. The first-order chi connectivity index (χ1) is 20.1. The van der Waals surface area contributed by atoms with E-state index in [9.17, 15) is 10.1 Å². The molecule has 2 aromatic carbocycles. The third-order valence-electron chi connectivity index (χ3n) is 7.51. The van der Waals surface area contributed by atoms with Gasteiger partial charge in [-0.15, -0.1) is 0 Å². The van der Waals surface area contributed by atoms with Gasteiger partial charge in [-0.25, -0.2) is 13.6 Å². The molecule has 1 aliphatic rings. The lowest BCUT2D eigenvalue weighted by Gasteiger charge is -2.38. The van der Waals surface area contributed by atoms with Crippen LogP contribution < -0.4 is 14.5 Å². The van der Waals surface area contributed by atoms with Gasteiger partial charge in [0.05, 0.1) is 48.0 Å². The zero-order valence-electron chi connectivity index (χ0n) is 24.5. The number of hydrogen-bond acceptors (Lipinski definition) is 5. The largest absolute Gasteiger partial charge is 0.494 e. The molecule has 2 amide bonds. The number of nitriles is 1. The van der Waals surface area contributed by atoms with Crippen LogP contribution >= 0.6 is 0 Å². The van der Waals surface area contributed by atoms with Crippen molar-refractivity contribution in [3.63, 3.8) is 0 Å². The van der Waals surface area contributed by atoms with E-state index in [1.54, 1.807) is 49.0 Å². The van der Waals surface area contributed by atoms with Crippen LogP contribution in [0.5, 0.6) is 5.75 Å². The minimum absolute atomic E-state index is 0.111. The predicted molar refractivity (Wildman–Crippen MR) is 157 cm³/mol. The number of ether oxygens (including phenoxy) is 1. The van der Waals surface area contributed by atoms with E-state index < -0.39 is 23.4 Å². The van der Waals surface area contributed by atoms with E-state index in [0.29, 0.717) is 34.6 Å². The zero-order chi connectivity index (χ0) is 30.3. The molecule has 0 spiro atoms. The summed E-state index contributed by atoms with van der Waals surface area (Å²) in [5.41, 5.74) is 4.82. The van der Waals surface area contributed by atoms with Gasteiger partial charge in [-0.2, -0.15) is 10.4 Å². The Morgan fingerprint density at radius 3 is 2.55 bits per heavy atom. The molecule has 0 N–H and O–H groups in total. The van der Waals surface area contributed by atoms with Crippen molar-refractivity contribution in [2.45, 2.75) is 53.0 Å². The van der Waals surface area contributed by atoms with E-state index in [4.69, 9.17) is 4.74 Å². The molecule has 4 aromatic rings. The van der Waals surface area contributed by atoms with Crippen LogP contribution in [0.4, 0.5) is 30.6 Å². The number of halogens is 2. The highest BCUT2D eigenvalue weighted by Gasteiger charge is 2.38. The Labute approximate surface area is 243 Å². The molecule has 0 saturated heterocycles. The highest BCUT2D eigenvalue weighted by Crippen LogP contribution is 2.43. The van der Waals surface area contributed by atoms with Crippen LogP contribution in [0.1, 0.15) is 61.1 Å². The molecule has 1 aliphatic heterocycles. The fourth-order valence-electron chi connectivity index (χ4n) is 5.42. The smallest absolute Gasteiger partial charge is 0.334 e. The first-order valence-electron chi connectivity index (χ1n) is 13.8. The maximum Gasteiger partial charge on any atom is 0.334 e. The predicted octanol–water partition coefficient (Wildman–Crippen LogP) is 7.30. The second-order valence-corrected chi connectivity index (χ2v) is 10.7. The Bertz CT molecular complexity index is 1740. The number of aryl methyl sites for hydroxylation is 3. The van der Waals surface area contributed by atoms with Gasteiger partial charge in [0.1, 0.15) is 5.69 Å². The monoisotopic (exact) mass is 570 g/mol. The summed E-state index contributed by atoms with van der Waals surface area (Å²) in [4.78, 5) is 21.6. The van der Waals surface area contributed by atoms with Crippen molar-refractivity contribution in [2.75, 3.05) is 16.9 Å². The van der Waals surface area contributed by atoms with Gasteiger partial charge < -0.3 is 4.74 Å². The van der Waals surface area contributed by atoms with Crippen molar-refractivity contribution >= 4 is 23.1 Å². The maximum absolute atomic E-state index is 16.0. The molecule has 0 unspecified atom stereocenters. The zero-order valence-corrected chi connectivity index (χ0v) is 24.5. The molecule has 0 atom stereocenters. The van der Waals surface area contributed by atoms with Crippen molar-refractivity contribution in [1.29, 1.82) is 5.26 Å². The quantitative estimate of drug-likeness (QED) is 0.233. The fourth-order valence-corrected chi connectivity index (χ4v) is 5.42. The number of carbonyl (C=O) groups excluding carboxylic acids is 1. The van der Waals surface area contributed by atoms with E-state index in [1.165, 1.54) is 18.1 Å². The lowest BCUT2D eigenvalue weighted by molar-refractivity contribution is 0.251. The van der Waals surface area contributed by atoms with Gasteiger partial charge in [-0.3, -0.25) is 19.5 Å². The SMILES string of the molecule is CCCc1cc(N2C(=O)N(c3c(F)c(OC)cc(C(C)C)c3F)Cc3cnc(-c4cn(C)nc4C)cc32)ccc1C#N. The van der Waals surface area contributed by atoms with E-state index in [0.717, 1.165) is 28.1 Å². The summed E-state index contributed by atoms with van der Waals surface area (Å²) in [6.07, 6.45) is 4.89. The number of methoxy groups -OCH3 is 1. The molecule has 3 heterocycles. The Morgan fingerprint density at radius 2 is 1.93 bits per heavy atom. The van der Waals surface area contributed by atoms with Gasteiger partial charge in [0, 0.05) is 30.6 Å². The second kappa shape index (κ2) is 11.2. The van der Waals surface area contributed by atoms with Crippen LogP contribution in [0.25, 0.3) is 11.3 Å². The number of urea groups is 1. The van der Waals surface area contributed by atoms with Crippen molar-refractivity contribution in [3.8, 4) is 23.1 Å². The number of rotatable bonds is 7. The molecule has 8 nitrogen and oxygen atoms in total. The number of carbonyl (C=O) groups is 1. The average Bonchev–Trinajstić information content (AvgIpc) is 3.30. The van der Waals surface area contributed by atoms with Crippen LogP contribution in [-0.2, 0) is 20.0 Å². The number of fused-ring (bicyclic) bond motifs is 1. The minimum atomic E-state index is -0.960. The molecule has 0 bridgehead atoms. The molecule has 0 saturated carbocycles. The molecule has 0 fully saturated rings. The van der Waals surface area contributed by atoms with Crippen LogP contribution in [-0.4, -0.2) is 27.9 Å². The maximum atomic E-state index is 16.0. The normalized spacial score (nSPS) is 13.0. The Balaban J connectivity index is 1.75. The fraction of sp³-hybridized carbons (Fsp3) is 0.312. The summed E-state index contributed by atoms with van der Waals surface area (Å²) in [6, 6.07) is 9.84. The lowest BCUT2D eigenvalue weighted by Crippen LogP contribution is -2.46. The molecule has 42 heavy (non-hydrogen) atoms. The van der Waals surface area contributed by atoms with Crippen molar-refractivity contribution in [3.05, 3.63) is 82.3 Å². The minimum Gasteiger partial charge on any atom is -0.494 e. The van der Waals surface area contributed by atoms with Crippen LogP contribution in [0.2, 0.25) is 0 Å². The first kappa shape index (κ1) is 28.7. The Morgan fingerprint density at radius 1 is 1.17 bits per heavy atom. The number of anilines is 3. The van der Waals surface area contributed by atoms with Gasteiger partial charge in [0.25, 0.3) is 0 Å². The Hall–Kier alpha value is -4.78. The number of aromatic nitrogens is 3. The molecule has 0 aliphatic carbocycles. The summed E-state index contributed by atoms with van der Waals surface area (Å²) in [6.45, 7) is 7.35. The van der Waals surface area contributed by atoms with Gasteiger partial charge in [-0.05, 0) is 60.7 Å². The molecule has 2 aromatic heterocycles. The number of hydrogen-bond donors (Lipinski definition) is 0. The van der Waals surface area contributed by atoms with E-state index in [2.05, 4.69) is 16.2 Å². The standard InChI is InChI=1S/C32H32F2N6O2/c1-7-8-20-11-23(10-9-21(20)14-35)40-27-13-26(25-17-38(5)37-19(25)4)36-15-22(27)16-39(32(40)41)31-29(33)24(18(2)3)12-28(42-6)30(31)34/h9-13,15,17-18H,7-8,16H2,1-6H3. The van der Waals surface area contributed by atoms with Crippen molar-refractivity contribution in [2.24, 2.45) is 7.05 Å². The first-order valence-corrected chi connectivity index (χ1v) is 13.8. The van der Waals surface area contributed by atoms with Gasteiger partial charge in [0.2, 0.25) is 0 Å². The molecular weight excluding hydrogens is 538 g/mol. The number of pyridine rings is 1. The second-order valence-electron chi connectivity index (χ2n) is 10.7. The molecule has 5 rings (SSSR count). The number of amides is 2. The topological polar surface area (TPSA) is 87.3 Å². The van der Waals surface area contributed by atoms with E-state index >= 15 is 8.78 Å². The van der Waals surface area contributed by atoms with Gasteiger partial charge >= 0.3 is 6.03 Å². The number of nitrogens with zero attached hydrogens (tertiary/aromatic N) is 6. The lowest BCUT2D eigenvalue weighted by atomic mass is 9.99. The average molecular weight is 571 g/mol. The summed E-state index contributed by atoms with van der Waals surface area (Å²) in [5.74, 6) is -2.21. The summed E-state index contributed by atoms with van der Waals surface area (Å²) in [5, 5.41) is 14.1. The highest BCUT2D eigenvalue weighted by atomic mass is 19.1. The molecule has 0 radical (unpaired) electrons. The number of benzene rings is 2. The molecule has 216 valence electrons. The van der Waals surface area contributed by atoms with Crippen LogP contribution in [0.15, 0.2) is 42.7 Å². The van der Waals surface area contributed by atoms with Gasteiger partial charge in [-0.1, -0.05) is 27.2 Å². The van der Waals surface area contributed by atoms with Crippen LogP contribution in [0.3, 0.4) is 0 Å². The van der Waals surface area contributed by atoms with E-state index in [-0.39, 0.29) is 23.8 Å². The highest BCUT2D eigenvalue weighted by molar-refractivity contribution is 6.11. The summed E-state index contributed by atoms with van der Waals surface area (Å²) < 4.78 is 38.7. The summed E-state index contributed by atoms with van der Waals surface area (Å²) in [7, 11) is 3.12.